The Balaban J connectivity index is 0.000000317. The van der Waals surface area contributed by atoms with Crippen molar-refractivity contribution in [3.8, 4) is 11.5 Å². The Morgan fingerprint density at radius 2 is 1.02 bits per heavy atom. The van der Waals surface area contributed by atoms with Crippen LogP contribution in [0.4, 0.5) is 0 Å². The van der Waals surface area contributed by atoms with Gasteiger partial charge in [0.2, 0.25) is 0 Å². The zero-order valence-corrected chi connectivity index (χ0v) is 29.8. The lowest BCUT2D eigenvalue weighted by Gasteiger charge is -2.32. The van der Waals surface area contributed by atoms with Crippen LogP contribution in [0.5, 0.6) is 11.5 Å². The maximum Gasteiger partial charge on any atom is 0.495 e. The number of rotatable bonds is 11. The topological polar surface area (TPSA) is 105 Å². The van der Waals surface area contributed by atoms with E-state index in [1.165, 1.54) is 12.5 Å². The number of hydrogen-bond acceptors (Lipinski definition) is 8. The number of benzene rings is 2. The summed E-state index contributed by atoms with van der Waals surface area (Å²) >= 11 is 3.49. The minimum atomic E-state index is -2.95. The first-order valence-electron chi connectivity index (χ1n) is 14.0. The molecule has 0 unspecified atom stereocenters. The van der Waals surface area contributed by atoms with Crippen molar-refractivity contribution in [3.63, 3.8) is 0 Å². The van der Waals surface area contributed by atoms with Gasteiger partial charge in [0.15, 0.2) is 0 Å². The second kappa shape index (κ2) is 14.5. The van der Waals surface area contributed by atoms with Gasteiger partial charge in [-0.15, -0.1) is 0 Å². The van der Waals surface area contributed by atoms with E-state index in [4.69, 9.17) is 18.8 Å². The molecule has 1 fully saturated rings. The first-order chi connectivity index (χ1) is 19.1. The molecule has 0 radical (unpaired) electrons. The van der Waals surface area contributed by atoms with E-state index < -0.39 is 26.8 Å². The van der Waals surface area contributed by atoms with Crippen LogP contribution in [-0.4, -0.2) is 72.4 Å². The van der Waals surface area contributed by atoms with E-state index in [2.05, 4.69) is 15.9 Å². The van der Waals surface area contributed by atoms with Crippen LogP contribution in [0.1, 0.15) is 62.8 Å². The van der Waals surface area contributed by atoms with E-state index in [1.54, 1.807) is 0 Å². The largest absolute Gasteiger partial charge is 0.495 e. The minimum absolute atomic E-state index is 0.136. The van der Waals surface area contributed by atoms with E-state index in [-0.39, 0.29) is 22.7 Å². The molecule has 3 rings (SSSR count). The highest BCUT2D eigenvalue weighted by Crippen LogP contribution is 2.37. The molecule has 1 saturated heterocycles. The molecule has 1 heterocycles. The Morgan fingerprint density at radius 3 is 1.36 bits per heavy atom. The van der Waals surface area contributed by atoms with E-state index in [1.807, 2.05) is 79.7 Å². The summed E-state index contributed by atoms with van der Waals surface area (Å²) in [6.45, 7) is 17.0. The van der Waals surface area contributed by atoms with Crippen LogP contribution in [0, 0.1) is 27.7 Å². The molecule has 12 heteroatoms. The van der Waals surface area contributed by atoms with Crippen molar-refractivity contribution in [2.45, 2.75) is 79.4 Å². The molecule has 0 aliphatic carbocycles. The van der Waals surface area contributed by atoms with Gasteiger partial charge in [-0.3, -0.25) is 0 Å². The van der Waals surface area contributed by atoms with Crippen LogP contribution in [-0.2, 0) is 29.0 Å². The first kappa shape index (κ1) is 36.6. The molecular formula is C30H46BBrO8S2. The average molecular weight is 690 g/mol. The van der Waals surface area contributed by atoms with Crippen molar-refractivity contribution in [2.75, 3.05) is 37.2 Å². The number of hydrogen-bond donors (Lipinski definition) is 0. The molecule has 0 spiro atoms. The van der Waals surface area contributed by atoms with Gasteiger partial charge in [0.25, 0.3) is 0 Å². The molecule has 0 bridgehead atoms. The molecular weight excluding hydrogens is 643 g/mol. The Kier molecular flexibility index (Phi) is 12.6. The quantitative estimate of drug-likeness (QED) is 0.232. The fourth-order valence-corrected chi connectivity index (χ4v) is 5.88. The second-order valence-electron chi connectivity index (χ2n) is 12.1. The first-order valence-corrected chi connectivity index (χ1v) is 18.9. The van der Waals surface area contributed by atoms with Crippen molar-refractivity contribution in [1.82, 2.24) is 0 Å². The molecule has 0 atom stereocenters. The molecule has 2 aromatic rings. The van der Waals surface area contributed by atoms with Gasteiger partial charge in [-0.05, 0) is 120 Å². The maximum atomic E-state index is 11.2. The molecule has 1 aliphatic heterocycles. The summed E-state index contributed by atoms with van der Waals surface area (Å²) in [5.41, 5.74) is 4.58. The molecule has 0 N–H and O–H groups in total. The maximum absolute atomic E-state index is 11.2. The fraction of sp³-hybridized carbons (Fsp3) is 0.600. The van der Waals surface area contributed by atoms with Crippen molar-refractivity contribution in [3.05, 3.63) is 51.0 Å². The smallest absolute Gasteiger partial charge is 0.494 e. The molecule has 0 aromatic heterocycles. The van der Waals surface area contributed by atoms with Crippen LogP contribution in [0.3, 0.4) is 0 Å². The zero-order chi connectivity index (χ0) is 32.1. The fourth-order valence-electron chi connectivity index (χ4n) is 4.36. The van der Waals surface area contributed by atoms with Crippen molar-refractivity contribution < 1.29 is 35.6 Å². The minimum Gasteiger partial charge on any atom is -0.494 e. The highest BCUT2D eigenvalue weighted by Gasteiger charge is 2.52. The number of ether oxygens (including phenoxy) is 2. The standard InChI is InChI=1S/C18H29BO5S.C12H17BrO3S/c1-13-11-15(22-9-8-10-25(7,20)21)12-14(2)16(13)19-23-17(3,4)18(5,6)24-19;1-9-7-11(8-10(2)12(9)13)16-5-4-6-17(3,14)15/h11-12H,8-10H2,1-7H3;7-8H,4-6H2,1-3H3. The molecule has 236 valence electrons. The van der Waals surface area contributed by atoms with Crippen LogP contribution in [0.25, 0.3) is 0 Å². The zero-order valence-electron chi connectivity index (χ0n) is 26.6. The van der Waals surface area contributed by atoms with Gasteiger partial charge < -0.3 is 18.8 Å². The van der Waals surface area contributed by atoms with Crippen molar-refractivity contribution >= 4 is 48.2 Å². The summed E-state index contributed by atoms with van der Waals surface area (Å²) in [6.07, 6.45) is 3.48. The van der Waals surface area contributed by atoms with Crippen LogP contribution in [0.2, 0.25) is 0 Å². The highest BCUT2D eigenvalue weighted by atomic mass is 79.9. The summed E-state index contributed by atoms with van der Waals surface area (Å²) in [7, 11) is -6.24. The van der Waals surface area contributed by atoms with E-state index >= 15 is 0 Å². The lowest BCUT2D eigenvalue weighted by molar-refractivity contribution is 0.00578. The Hall–Kier alpha value is -1.60. The van der Waals surface area contributed by atoms with Gasteiger partial charge >= 0.3 is 7.12 Å². The molecule has 1 aliphatic rings. The molecule has 0 amide bonds. The average Bonchev–Trinajstić information content (AvgIpc) is 3.03. The van der Waals surface area contributed by atoms with Crippen molar-refractivity contribution in [2.24, 2.45) is 0 Å². The normalized spacial score (nSPS) is 16.1. The van der Waals surface area contributed by atoms with Crippen LogP contribution in [0.15, 0.2) is 28.7 Å². The summed E-state index contributed by atoms with van der Waals surface area (Å²) < 4.78 is 68.8. The number of aryl methyl sites for hydroxylation is 4. The second-order valence-corrected chi connectivity index (χ2v) is 17.4. The third kappa shape index (κ3) is 11.2. The highest BCUT2D eigenvalue weighted by molar-refractivity contribution is 9.10. The summed E-state index contributed by atoms with van der Waals surface area (Å²) in [6, 6.07) is 7.79. The SMILES string of the molecule is Cc1cc(OCCCS(C)(=O)=O)cc(C)c1B1OC(C)(C)C(C)(C)O1.Cc1cc(OCCCS(C)(=O)=O)cc(C)c1Br. The van der Waals surface area contributed by atoms with Gasteiger partial charge in [-0.25, -0.2) is 16.8 Å². The Bertz CT molecular complexity index is 1390. The van der Waals surface area contributed by atoms with Crippen LogP contribution >= 0.6 is 15.9 Å². The van der Waals surface area contributed by atoms with Gasteiger partial charge in [0.05, 0.1) is 35.9 Å². The van der Waals surface area contributed by atoms with Gasteiger partial charge in [0, 0.05) is 17.0 Å². The predicted molar refractivity (Wildman–Crippen MR) is 175 cm³/mol. The van der Waals surface area contributed by atoms with Crippen LogP contribution < -0.4 is 14.9 Å². The van der Waals surface area contributed by atoms with E-state index in [9.17, 15) is 16.8 Å². The van der Waals surface area contributed by atoms with E-state index in [0.717, 1.165) is 43.7 Å². The monoisotopic (exact) mass is 688 g/mol. The van der Waals surface area contributed by atoms with Gasteiger partial charge in [0.1, 0.15) is 31.2 Å². The Labute approximate surface area is 262 Å². The predicted octanol–water partition coefficient (Wildman–Crippen LogP) is 5.30. The lowest BCUT2D eigenvalue weighted by atomic mass is 9.73. The van der Waals surface area contributed by atoms with Crippen molar-refractivity contribution in [1.29, 1.82) is 0 Å². The third-order valence-corrected chi connectivity index (χ3v) is 10.6. The van der Waals surface area contributed by atoms with Gasteiger partial charge in [-0.2, -0.15) is 0 Å². The van der Waals surface area contributed by atoms with E-state index in [0.29, 0.717) is 26.1 Å². The molecule has 42 heavy (non-hydrogen) atoms. The third-order valence-electron chi connectivity index (χ3n) is 7.32. The molecule has 8 nitrogen and oxygen atoms in total. The molecule has 2 aromatic carbocycles. The summed E-state index contributed by atoms with van der Waals surface area (Å²) in [4.78, 5) is 0. The number of halogens is 1. The Morgan fingerprint density at radius 1 is 0.690 bits per heavy atom. The summed E-state index contributed by atoms with van der Waals surface area (Å²) in [5.74, 6) is 1.83. The lowest BCUT2D eigenvalue weighted by Crippen LogP contribution is -2.41. The molecule has 0 saturated carbocycles. The summed E-state index contributed by atoms with van der Waals surface area (Å²) in [5, 5.41) is 0. The van der Waals surface area contributed by atoms with Gasteiger partial charge in [-0.1, -0.05) is 15.9 Å². The number of sulfone groups is 2.